The lowest BCUT2D eigenvalue weighted by atomic mass is 10.0. The van der Waals surface area contributed by atoms with Crippen molar-refractivity contribution < 1.29 is 13.2 Å². The van der Waals surface area contributed by atoms with Crippen molar-refractivity contribution in [2.75, 3.05) is 26.8 Å². The molecular weight excluding hydrogens is 308 g/mol. The van der Waals surface area contributed by atoms with Gasteiger partial charge in [0.2, 0.25) is 0 Å². The lowest BCUT2D eigenvalue weighted by Crippen LogP contribution is -2.34. The molecule has 0 N–H and O–H groups in total. The van der Waals surface area contributed by atoms with Crippen molar-refractivity contribution in [1.82, 2.24) is 9.29 Å². The van der Waals surface area contributed by atoms with Gasteiger partial charge in [-0.1, -0.05) is 22.9 Å². The number of rotatable bonds is 4. The normalized spacial score (nSPS) is 18.1. The summed E-state index contributed by atoms with van der Waals surface area (Å²) < 4.78 is 32.1. The molecule has 2 rings (SSSR count). The van der Waals surface area contributed by atoms with E-state index in [0.29, 0.717) is 31.4 Å². The van der Waals surface area contributed by atoms with Gasteiger partial charge in [-0.2, -0.15) is 4.31 Å². The second-order valence-electron chi connectivity index (χ2n) is 4.68. The van der Waals surface area contributed by atoms with E-state index in [4.69, 9.17) is 16.3 Å². The topological polar surface area (TPSA) is 59.5 Å². The molecule has 0 radical (unpaired) electrons. The number of hydrogen-bond donors (Lipinski definition) is 0. The second kappa shape index (κ2) is 6.05. The molecule has 1 aromatic heterocycles. The lowest BCUT2D eigenvalue weighted by molar-refractivity contribution is 0.0620. The van der Waals surface area contributed by atoms with E-state index in [1.165, 1.54) is 4.31 Å². The Morgan fingerprint density at radius 2 is 2.11 bits per heavy atom. The highest BCUT2D eigenvalue weighted by Gasteiger charge is 2.28. The van der Waals surface area contributed by atoms with Crippen LogP contribution in [0.4, 0.5) is 0 Å². The molecule has 0 bridgehead atoms. The number of hydrogen-bond acceptors (Lipinski definition) is 5. The zero-order chi connectivity index (χ0) is 14.0. The highest BCUT2D eigenvalue weighted by Crippen LogP contribution is 2.29. The van der Waals surface area contributed by atoms with Crippen LogP contribution in [0, 0.1) is 12.8 Å². The number of aromatic nitrogens is 1. The molecule has 0 amide bonds. The first-order valence-corrected chi connectivity index (χ1v) is 8.71. The Balaban J connectivity index is 2.12. The summed E-state index contributed by atoms with van der Waals surface area (Å²) in [5, 5.41) is 0. The number of sulfonamides is 1. The zero-order valence-corrected chi connectivity index (χ0v) is 13.3. The molecule has 0 aliphatic carbocycles. The van der Waals surface area contributed by atoms with Crippen LogP contribution < -0.4 is 0 Å². The van der Waals surface area contributed by atoms with Gasteiger partial charge in [0.25, 0.3) is 10.0 Å². The minimum absolute atomic E-state index is 0.243. The molecule has 8 heteroatoms. The largest absolute Gasteiger partial charge is 0.381 e. The van der Waals surface area contributed by atoms with E-state index in [1.54, 1.807) is 14.0 Å². The van der Waals surface area contributed by atoms with E-state index < -0.39 is 10.0 Å². The Bertz CT molecular complexity index is 538. The van der Waals surface area contributed by atoms with Crippen LogP contribution in [-0.4, -0.2) is 44.5 Å². The SMILES string of the molecule is Cc1nc(Cl)sc1S(=O)(=O)N(C)CC1CCOCC1. The summed E-state index contributed by atoms with van der Waals surface area (Å²) in [6.45, 7) is 3.60. The van der Waals surface area contributed by atoms with Crippen molar-refractivity contribution in [3.05, 3.63) is 10.2 Å². The van der Waals surface area contributed by atoms with E-state index in [2.05, 4.69) is 4.98 Å². The predicted octanol–water partition coefficient (Wildman–Crippen LogP) is 2.15. The fraction of sp³-hybridized carbons (Fsp3) is 0.727. The number of aryl methyl sites for hydroxylation is 1. The highest BCUT2D eigenvalue weighted by atomic mass is 35.5. The molecule has 19 heavy (non-hydrogen) atoms. The zero-order valence-electron chi connectivity index (χ0n) is 10.9. The first-order valence-electron chi connectivity index (χ1n) is 6.08. The smallest absolute Gasteiger partial charge is 0.254 e. The third-order valence-electron chi connectivity index (χ3n) is 3.23. The molecule has 108 valence electrons. The fourth-order valence-electron chi connectivity index (χ4n) is 2.12. The van der Waals surface area contributed by atoms with Crippen LogP contribution in [0.5, 0.6) is 0 Å². The van der Waals surface area contributed by atoms with Crippen molar-refractivity contribution in [1.29, 1.82) is 0 Å². The number of ether oxygens (including phenoxy) is 1. The first kappa shape index (κ1) is 15.2. The van der Waals surface area contributed by atoms with Crippen molar-refractivity contribution in [2.24, 2.45) is 5.92 Å². The summed E-state index contributed by atoms with van der Waals surface area (Å²) in [5.74, 6) is 0.359. The predicted molar refractivity (Wildman–Crippen MR) is 75.2 cm³/mol. The first-order chi connectivity index (χ1) is 8.91. The minimum Gasteiger partial charge on any atom is -0.381 e. The number of nitrogens with zero attached hydrogens (tertiary/aromatic N) is 2. The van der Waals surface area contributed by atoms with Crippen molar-refractivity contribution >= 4 is 33.0 Å². The molecular formula is C11H17ClN2O3S2. The fourth-order valence-corrected chi connectivity index (χ4v) is 5.30. The average Bonchev–Trinajstić information content (AvgIpc) is 2.70. The molecule has 1 aromatic rings. The minimum atomic E-state index is -3.48. The van der Waals surface area contributed by atoms with E-state index in [1.807, 2.05) is 0 Å². The molecule has 1 saturated heterocycles. The van der Waals surface area contributed by atoms with E-state index in [0.717, 1.165) is 24.2 Å². The van der Waals surface area contributed by atoms with Gasteiger partial charge in [0.1, 0.15) is 0 Å². The summed E-state index contributed by atoms with van der Waals surface area (Å²) in [6.07, 6.45) is 1.81. The van der Waals surface area contributed by atoms with Crippen LogP contribution in [0.2, 0.25) is 4.47 Å². The molecule has 1 aliphatic rings. The molecule has 0 unspecified atom stereocenters. The maximum atomic E-state index is 12.4. The Morgan fingerprint density at radius 3 is 2.63 bits per heavy atom. The second-order valence-corrected chi connectivity index (χ2v) is 8.50. The third-order valence-corrected chi connectivity index (χ3v) is 6.90. The summed E-state index contributed by atoms with van der Waals surface area (Å²) in [6, 6.07) is 0. The highest BCUT2D eigenvalue weighted by molar-refractivity contribution is 7.91. The van der Waals surface area contributed by atoms with Crippen LogP contribution >= 0.6 is 22.9 Å². The lowest BCUT2D eigenvalue weighted by Gasteiger charge is -2.26. The molecule has 1 aliphatic heterocycles. The van der Waals surface area contributed by atoms with Crippen molar-refractivity contribution in [2.45, 2.75) is 24.0 Å². The Labute approximate surface area is 122 Å². The van der Waals surface area contributed by atoms with Gasteiger partial charge in [-0.05, 0) is 25.7 Å². The van der Waals surface area contributed by atoms with Crippen LogP contribution in [0.1, 0.15) is 18.5 Å². The molecule has 0 saturated carbocycles. The van der Waals surface area contributed by atoms with Gasteiger partial charge in [-0.15, -0.1) is 0 Å². The van der Waals surface area contributed by atoms with Crippen molar-refractivity contribution in [3.63, 3.8) is 0 Å². The van der Waals surface area contributed by atoms with E-state index in [-0.39, 0.29) is 8.68 Å². The monoisotopic (exact) mass is 324 g/mol. The van der Waals surface area contributed by atoms with E-state index >= 15 is 0 Å². The summed E-state index contributed by atoms with van der Waals surface area (Å²) >= 11 is 6.79. The number of thiazole rings is 1. The molecule has 0 atom stereocenters. The van der Waals surface area contributed by atoms with E-state index in [9.17, 15) is 8.42 Å². The van der Waals surface area contributed by atoms with Crippen molar-refractivity contribution in [3.8, 4) is 0 Å². The maximum Gasteiger partial charge on any atom is 0.254 e. The molecule has 5 nitrogen and oxygen atoms in total. The van der Waals surface area contributed by atoms with Gasteiger partial charge in [0.05, 0.1) is 5.69 Å². The maximum absolute atomic E-state index is 12.4. The van der Waals surface area contributed by atoms with Gasteiger partial charge in [0.15, 0.2) is 8.68 Å². The summed E-state index contributed by atoms with van der Waals surface area (Å²) in [7, 11) is -1.88. The Kier molecular flexibility index (Phi) is 4.84. The van der Waals surface area contributed by atoms with Gasteiger partial charge >= 0.3 is 0 Å². The standard InChI is InChI=1S/C11H17ClN2O3S2/c1-8-10(18-11(12)13-8)19(15,16)14(2)7-9-3-5-17-6-4-9/h9H,3-7H2,1-2H3. The van der Waals surface area contributed by atoms with Gasteiger partial charge in [-0.25, -0.2) is 13.4 Å². The van der Waals surface area contributed by atoms with Gasteiger partial charge in [0, 0.05) is 26.8 Å². The molecule has 1 fully saturated rings. The van der Waals surface area contributed by atoms with Crippen LogP contribution in [0.15, 0.2) is 4.21 Å². The Hall–Kier alpha value is -0.210. The molecule has 0 spiro atoms. The summed E-state index contributed by atoms with van der Waals surface area (Å²) in [5.41, 5.74) is 0.467. The molecule has 2 heterocycles. The summed E-state index contributed by atoms with van der Waals surface area (Å²) in [4.78, 5) is 3.96. The van der Waals surface area contributed by atoms with Crippen LogP contribution in [0.25, 0.3) is 0 Å². The quantitative estimate of drug-likeness (QED) is 0.851. The third kappa shape index (κ3) is 3.46. The van der Waals surface area contributed by atoms with Crippen LogP contribution in [-0.2, 0) is 14.8 Å². The van der Waals surface area contributed by atoms with Crippen LogP contribution in [0.3, 0.4) is 0 Å². The molecule has 0 aromatic carbocycles. The number of halogens is 1. The van der Waals surface area contributed by atoms with Gasteiger partial charge in [-0.3, -0.25) is 0 Å². The average molecular weight is 325 g/mol. The Morgan fingerprint density at radius 1 is 1.47 bits per heavy atom. The van der Waals surface area contributed by atoms with Gasteiger partial charge < -0.3 is 4.74 Å².